The molecule has 0 bridgehead atoms. The van der Waals surface area contributed by atoms with E-state index in [9.17, 15) is 9.59 Å². The van der Waals surface area contributed by atoms with Gasteiger partial charge in [0, 0.05) is 23.9 Å². The summed E-state index contributed by atoms with van der Waals surface area (Å²) in [5.74, 6) is 0.0478. The second-order valence-electron chi connectivity index (χ2n) is 5.80. The lowest BCUT2D eigenvalue weighted by Crippen LogP contribution is -2.14. The number of ether oxygens (including phenoxy) is 1. The predicted octanol–water partition coefficient (Wildman–Crippen LogP) is 3.50. The van der Waals surface area contributed by atoms with Crippen molar-refractivity contribution in [2.45, 2.75) is 33.1 Å². The molecule has 3 heterocycles. The largest absolute Gasteiger partial charge is 0.462 e. The monoisotopic (exact) mass is 400 g/mol. The first-order valence-electron chi connectivity index (χ1n) is 8.94. The van der Waals surface area contributed by atoms with Crippen molar-refractivity contribution in [1.29, 1.82) is 0 Å². The van der Waals surface area contributed by atoms with Crippen molar-refractivity contribution in [3.8, 4) is 11.5 Å². The zero-order valence-electron chi connectivity index (χ0n) is 15.6. The average Bonchev–Trinajstić information content (AvgIpc) is 3.34. The van der Waals surface area contributed by atoms with E-state index in [1.54, 1.807) is 31.3 Å². The molecule has 146 valence electrons. The Kier molecular flexibility index (Phi) is 6.49. The minimum atomic E-state index is -0.439. The fraction of sp³-hybridized carbons (Fsp3) is 0.316. The molecular formula is C19H20N4O4S. The Hall–Kier alpha value is -3.07. The summed E-state index contributed by atoms with van der Waals surface area (Å²) in [6.45, 7) is 4.01. The highest BCUT2D eigenvalue weighted by molar-refractivity contribution is 7.16. The van der Waals surface area contributed by atoms with Crippen LogP contribution in [0.25, 0.3) is 11.5 Å². The molecule has 1 N–H and O–H groups in total. The van der Waals surface area contributed by atoms with Crippen molar-refractivity contribution in [2.75, 3.05) is 11.9 Å². The maximum atomic E-state index is 12.3. The number of amides is 1. The lowest BCUT2D eigenvalue weighted by molar-refractivity contribution is -0.116. The van der Waals surface area contributed by atoms with Crippen molar-refractivity contribution < 1.29 is 18.8 Å². The summed E-state index contributed by atoms with van der Waals surface area (Å²) in [5.41, 5.74) is 0.985. The molecular weight excluding hydrogens is 380 g/mol. The van der Waals surface area contributed by atoms with Crippen molar-refractivity contribution in [2.24, 2.45) is 0 Å². The van der Waals surface area contributed by atoms with Gasteiger partial charge in [0.15, 0.2) is 0 Å². The van der Waals surface area contributed by atoms with Gasteiger partial charge in [-0.3, -0.25) is 9.78 Å². The van der Waals surface area contributed by atoms with E-state index in [1.807, 2.05) is 13.0 Å². The number of rotatable bonds is 8. The molecule has 0 fully saturated rings. The van der Waals surface area contributed by atoms with Crippen LogP contribution in [0.5, 0.6) is 0 Å². The lowest BCUT2D eigenvalue weighted by Gasteiger charge is -2.05. The summed E-state index contributed by atoms with van der Waals surface area (Å²) in [5, 5.41) is 7.17. The van der Waals surface area contributed by atoms with Gasteiger partial charge >= 0.3 is 5.97 Å². The van der Waals surface area contributed by atoms with Gasteiger partial charge in [0.25, 0.3) is 0 Å². The molecule has 0 unspecified atom stereocenters. The van der Waals surface area contributed by atoms with Crippen LogP contribution in [-0.4, -0.2) is 33.6 Å². The number of nitrogens with zero attached hydrogens (tertiary/aromatic N) is 3. The molecule has 0 spiro atoms. The highest BCUT2D eigenvalue weighted by Crippen LogP contribution is 2.29. The minimum absolute atomic E-state index is 0.144. The van der Waals surface area contributed by atoms with E-state index in [1.165, 1.54) is 11.3 Å². The first-order valence-corrected chi connectivity index (χ1v) is 9.76. The van der Waals surface area contributed by atoms with E-state index in [2.05, 4.69) is 20.4 Å². The molecule has 0 radical (unpaired) electrons. The van der Waals surface area contributed by atoms with Gasteiger partial charge in [0.2, 0.25) is 17.6 Å². The fourth-order valence-electron chi connectivity index (χ4n) is 2.43. The van der Waals surface area contributed by atoms with E-state index < -0.39 is 5.97 Å². The number of hydrogen-bond acceptors (Lipinski definition) is 8. The maximum Gasteiger partial charge on any atom is 0.341 e. The van der Waals surface area contributed by atoms with Crippen LogP contribution in [0.1, 0.15) is 41.4 Å². The number of thiophene rings is 1. The molecule has 1 amide bonds. The highest BCUT2D eigenvalue weighted by Gasteiger charge is 2.19. The summed E-state index contributed by atoms with van der Waals surface area (Å²) < 4.78 is 10.2. The Morgan fingerprint density at radius 2 is 2.14 bits per heavy atom. The number of aromatic nitrogens is 3. The van der Waals surface area contributed by atoms with Crippen molar-refractivity contribution >= 4 is 28.2 Å². The Bertz CT molecular complexity index is 952. The van der Waals surface area contributed by atoms with Crippen molar-refractivity contribution in [3.63, 3.8) is 0 Å². The number of carbonyl (C=O) groups is 2. The number of pyridine rings is 1. The zero-order chi connectivity index (χ0) is 19.9. The van der Waals surface area contributed by atoms with Crippen molar-refractivity contribution in [1.82, 2.24) is 15.1 Å². The molecule has 0 aliphatic rings. The molecule has 28 heavy (non-hydrogen) atoms. The van der Waals surface area contributed by atoms with Gasteiger partial charge in [-0.1, -0.05) is 18.1 Å². The number of esters is 1. The third kappa shape index (κ3) is 4.80. The number of aryl methyl sites for hydroxylation is 2. The topological polar surface area (TPSA) is 107 Å². The molecule has 0 aliphatic carbocycles. The standard InChI is InChI=1S/C19H20N4O4S/c1-3-12-11-13(19(25)26-4-2)18(28-12)21-15(24)8-9-16-22-17(23-27-16)14-7-5-6-10-20-14/h5-7,10-11H,3-4,8-9H2,1-2H3,(H,21,24). The van der Waals surface area contributed by atoms with E-state index >= 15 is 0 Å². The predicted molar refractivity (Wildman–Crippen MR) is 104 cm³/mol. The van der Waals surface area contributed by atoms with Gasteiger partial charge in [-0.15, -0.1) is 11.3 Å². The zero-order valence-corrected chi connectivity index (χ0v) is 16.4. The fourth-order valence-corrected chi connectivity index (χ4v) is 3.44. The summed E-state index contributed by atoms with van der Waals surface area (Å²) in [6, 6.07) is 7.17. The highest BCUT2D eigenvalue weighted by atomic mass is 32.1. The number of anilines is 1. The Morgan fingerprint density at radius 1 is 1.29 bits per heavy atom. The van der Waals surface area contributed by atoms with E-state index in [-0.39, 0.29) is 25.4 Å². The van der Waals surface area contributed by atoms with Crippen LogP contribution < -0.4 is 5.32 Å². The van der Waals surface area contributed by atoms with Crippen LogP contribution in [0.2, 0.25) is 0 Å². The first-order chi connectivity index (χ1) is 13.6. The molecule has 3 aromatic heterocycles. The van der Waals surface area contributed by atoms with Crippen molar-refractivity contribution in [3.05, 3.63) is 46.8 Å². The first kappa shape index (κ1) is 19.7. The summed E-state index contributed by atoms with van der Waals surface area (Å²) in [4.78, 5) is 33.8. The molecule has 0 aromatic carbocycles. The van der Waals surface area contributed by atoms with Crippen LogP contribution in [0.3, 0.4) is 0 Å². The molecule has 0 saturated heterocycles. The number of carbonyl (C=O) groups excluding carboxylic acids is 2. The molecule has 8 nitrogen and oxygen atoms in total. The van der Waals surface area contributed by atoms with Gasteiger partial charge in [-0.25, -0.2) is 4.79 Å². The number of nitrogens with one attached hydrogen (secondary N) is 1. The normalized spacial score (nSPS) is 10.6. The molecule has 0 atom stereocenters. The van der Waals surface area contributed by atoms with Crippen LogP contribution in [0, 0.1) is 0 Å². The lowest BCUT2D eigenvalue weighted by atomic mass is 10.2. The van der Waals surface area contributed by atoms with Gasteiger partial charge < -0.3 is 14.6 Å². The van der Waals surface area contributed by atoms with Gasteiger partial charge in [0.05, 0.1) is 12.2 Å². The second kappa shape index (κ2) is 9.23. The Labute approximate surface area is 165 Å². The van der Waals surface area contributed by atoms with E-state index in [0.717, 1.165) is 11.3 Å². The average molecular weight is 400 g/mol. The van der Waals surface area contributed by atoms with Crippen LogP contribution in [0.15, 0.2) is 35.0 Å². The van der Waals surface area contributed by atoms with Crippen LogP contribution in [0.4, 0.5) is 5.00 Å². The Morgan fingerprint density at radius 3 is 2.86 bits per heavy atom. The van der Waals surface area contributed by atoms with Crippen LogP contribution >= 0.6 is 11.3 Å². The number of hydrogen-bond donors (Lipinski definition) is 1. The molecule has 0 saturated carbocycles. The van der Waals surface area contributed by atoms with Crippen LogP contribution in [-0.2, 0) is 22.4 Å². The third-order valence-corrected chi connectivity index (χ3v) is 5.00. The third-order valence-electron chi connectivity index (χ3n) is 3.81. The second-order valence-corrected chi connectivity index (χ2v) is 6.94. The van der Waals surface area contributed by atoms with Gasteiger partial charge in [0.1, 0.15) is 10.7 Å². The molecule has 3 rings (SSSR count). The SMILES string of the molecule is CCOC(=O)c1cc(CC)sc1NC(=O)CCc1nc(-c2ccccn2)no1. The van der Waals surface area contributed by atoms with Gasteiger partial charge in [-0.05, 0) is 31.5 Å². The molecule has 0 aliphatic heterocycles. The summed E-state index contributed by atoms with van der Waals surface area (Å²) in [7, 11) is 0. The van der Waals surface area contributed by atoms with Gasteiger partial charge in [-0.2, -0.15) is 4.98 Å². The minimum Gasteiger partial charge on any atom is -0.462 e. The maximum absolute atomic E-state index is 12.3. The summed E-state index contributed by atoms with van der Waals surface area (Å²) in [6.07, 6.45) is 2.84. The summed E-state index contributed by atoms with van der Waals surface area (Å²) >= 11 is 1.37. The molecule has 9 heteroatoms. The van der Waals surface area contributed by atoms with E-state index in [4.69, 9.17) is 9.26 Å². The quantitative estimate of drug-likeness (QED) is 0.577. The van der Waals surface area contributed by atoms with E-state index in [0.29, 0.717) is 28.0 Å². The Balaban J connectivity index is 1.61. The molecule has 3 aromatic rings. The smallest absolute Gasteiger partial charge is 0.341 e.